The quantitative estimate of drug-likeness (QED) is 0.660. The molecule has 0 saturated heterocycles. The van der Waals surface area contributed by atoms with Crippen molar-refractivity contribution in [1.29, 1.82) is 0 Å². The molecule has 0 spiro atoms. The zero-order valence-corrected chi connectivity index (χ0v) is 18.2. The number of hydrogen-bond donors (Lipinski definition) is 1. The van der Waals surface area contributed by atoms with Crippen molar-refractivity contribution in [1.82, 2.24) is 14.9 Å². The molecule has 1 aliphatic rings. The summed E-state index contributed by atoms with van der Waals surface area (Å²) in [5, 5.41) is 7.34. The van der Waals surface area contributed by atoms with Gasteiger partial charge in [0, 0.05) is 12.7 Å². The first-order chi connectivity index (χ1) is 13.7. The summed E-state index contributed by atoms with van der Waals surface area (Å²) in [5.41, 5.74) is 1.60. The third kappa shape index (κ3) is 6.27. The van der Waals surface area contributed by atoms with E-state index in [1.54, 1.807) is 28.9 Å². The number of carbonyl (C=O) groups excluding carboxylic acids is 1. The van der Waals surface area contributed by atoms with Crippen LogP contribution in [0.15, 0.2) is 24.4 Å². The lowest BCUT2D eigenvalue weighted by Gasteiger charge is -2.28. The standard InChI is InChI=1S/C21H31N3O4S/c1-15-6-4-7-17(10-15)11-16(2)13-22-21(25)19-8-5-9-24-20(19)12-18(23-24)14-28-29(3,26)27/h5,8-9,12,15-17H,4,6-7,10-11,13-14H2,1-3H3,(H,22,25). The van der Waals surface area contributed by atoms with Crippen molar-refractivity contribution in [2.45, 2.75) is 52.6 Å². The number of aromatic nitrogens is 2. The molecule has 1 aliphatic carbocycles. The van der Waals surface area contributed by atoms with Crippen molar-refractivity contribution in [3.8, 4) is 0 Å². The first-order valence-electron chi connectivity index (χ1n) is 10.3. The Hall–Kier alpha value is -1.93. The summed E-state index contributed by atoms with van der Waals surface area (Å²) in [4.78, 5) is 12.8. The van der Waals surface area contributed by atoms with Gasteiger partial charge in [0.15, 0.2) is 0 Å². The Morgan fingerprint density at radius 2 is 2.21 bits per heavy atom. The van der Waals surface area contributed by atoms with Gasteiger partial charge in [-0.05, 0) is 48.8 Å². The minimum absolute atomic E-state index is 0.144. The largest absolute Gasteiger partial charge is 0.352 e. The Kier molecular flexibility index (Phi) is 6.95. The molecular formula is C21H31N3O4S. The Morgan fingerprint density at radius 1 is 1.41 bits per heavy atom. The molecule has 0 aliphatic heterocycles. The Labute approximate surface area is 173 Å². The van der Waals surface area contributed by atoms with E-state index in [0.29, 0.717) is 29.2 Å². The maximum Gasteiger partial charge on any atom is 0.264 e. The molecule has 160 valence electrons. The molecule has 1 saturated carbocycles. The summed E-state index contributed by atoms with van der Waals surface area (Å²) >= 11 is 0. The molecule has 0 aromatic carbocycles. The van der Waals surface area contributed by atoms with Gasteiger partial charge in [-0.3, -0.25) is 8.98 Å². The first kappa shape index (κ1) is 21.8. The molecule has 1 N–H and O–H groups in total. The van der Waals surface area contributed by atoms with Crippen LogP contribution in [0.1, 0.15) is 62.0 Å². The molecule has 0 radical (unpaired) electrons. The van der Waals surface area contributed by atoms with Gasteiger partial charge in [-0.1, -0.05) is 33.1 Å². The molecule has 8 heteroatoms. The Bertz CT molecular complexity index is 954. The second kappa shape index (κ2) is 9.26. The number of pyridine rings is 1. The molecule has 3 rings (SSSR count). The smallest absolute Gasteiger partial charge is 0.264 e. The van der Waals surface area contributed by atoms with Crippen LogP contribution in [0, 0.1) is 17.8 Å². The van der Waals surface area contributed by atoms with E-state index >= 15 is 0 Å². The van der Waals surface area contributed by atoms with Crippen molar-refractivity contribution in [3.63, 3.8) is 0 Å². The van der Waals surface area contributed by atoms with E-state index in [1.165, 1.54) is 25.7 Å². The van der Waals surface area contributed by atoms with Crippen LogP contribution in [0.5, 0.6) is 0 Å². The highest BCUT2D eigenvalue weighted by Crippen LogP contribution is 2.32. The lowest BCUT2D eigenvalue weighted by atomic mass is 9.78. The normalized spacial score (nSPS) is 21.2. The lowest BCUT2D eigenvalue weighted by Crippen LogP contribution is -2.30. The fraction of sp³-hybridized carbons (Fsp3) is 0.619. The van der Waals surface area contributed by atoms with Gasteiger partial charge in [0.1, 0.15) is 6.61 Å². The molecule has 7 nitrogen and oxygen atoms in total. The number of hydrogen-bond acceptors (Lipinski definition) is 5. The minimum atomic E-state index is -3.55. The summed E-state index contributed by atoms with van der Waals surface area (Å²) < 4.78 is 28.7. The van der Waals surface area contributed by atoms with E-state index in [1.807, 2.05) is 0 Å². The zero-order valence-electron chi connectivity index (χ0n) is 17.4. The van der Waals surface area contributed by atoms with Crippen molar-refractivity contribution in [3.05, 3.63) is 35.7 Å². The van der Waals surface area contributed by atoms with Crippen LogP contribution in [-0.4, -0.2) is 36.7 Å². The minimum Gasteiger partial charge on any atom is -0.352 e. The Balaban J connectivity index is 1.60. The summed E-state index contributed by atoms with van der Waals surface area (Å²) in [6, 6.07) is 5.19. The molecule has 3 atom stereocenters. The molecular weight excluding hydrogens is 390 g/mol. The van der Waals surface area contributed by atoms with Gasteiger partial charge >= 0.3 is 0 Å². The van der Waals surface area contributed by atoms with Gasteiger partial charge < -0.3 is 5.32 Å². The van der Waals surface area contributed by atoms with Crippen molar-refractivity contribution < 1.29 is 17.4 Å². The number of carbonyl (C=O) groups is 1. The molecule has 3 unspecified atom stereocenters. The number of nitrogens with one attached hydrogen (secondary N) is 1. The van der Waals surface area contributed by atoms with Crippen molar-refractivity contribution in [2.24, 2.45) is 17.8 Å². The van der Waals surface area contributed by atoms with E-state index < -0.39 is 10.1 Å². The van der Waals surface area contributed by atoms with Gasteiger partial charge in [0.25, 0.3) is 16.0 Å². The molecule has 2 aromatic rings. The molecule has 1 fully saturated rings. The van der Waals surface area contributed by atoms with Crippen LogP contribution >= 0.6 is 0 Å². The highest BCUT2D eigenvalue weighted by atomic mass is 32.2. The Morgan fingerprint density at radius 3 is 2.93 bits per heavy atom. The van der Waals surface area contributed by atoms with Crippen LogP contribution in [0.2, 0.25) is 0 Å². The van der Waals surface area contributed by atoms with Crippen LogP contribution < -0.4 is 5.32 Å². The van der Waals surface area contributed by atoms with Gasteiger partial charge in [-0.15, -0.1) is 0 Å². The topological polar surface area (TPSA) is 89.8 Å². The predicted octanol–water partition coefficient (Wildman–Crippen LogP) is 3.39. The monoisotopic (exact) mass is 421 g/mol. The second-order valence-corrected chi connectivity index (χ2v) is 10.2. The molecule has 2 aromatic heterocycles. The molecule has 1 amide bonds. The fourth-order valence-electron chi connectivity index (χ4n) is 4.28. The van der Waals surface area contributed by atoms with Crippen molar-refractivity contribution >= 4 is 21.5 Å². The van der Waals surface area contributed by atoms with Gasteiger partial charge in [0.05, 0.1) is 23.0 Å². The predicted molar refractivity (Wildman–Crippen MR) is 112 cm³/mol. The van der Waals surface area contributed by atoms with Gasteiger partial charge in [0.2, 0.25) is 0 Å². The maximum atomic E-state index is 12.8. The summed E-state index contributed by atoms with van der Waals surface area (Å²) in [6.07, 6.45) is 9.13. The van der Waals surface area contributed by atoms with Crippen LogP contribution in [0.25, 0.3) is 5.52 Å². The highest BCUT2D eigenvalue weighted by molar-refractivity contribution is 7.85. The number of rotatable bonds is 8. The van der Waals surface area contributed by atoms with E-state index in [4.69, 9.17) is 4.18 Å². The van der Waals surface area contributed by atoms with E-state index in [-0.39, 0.29) is 12.5 Å². The van der Waals surface area contributed by atoms with Crippen LogP contribution in [0.4, 0.5) is 0 Å². The number of nitrogens with zero attached hydrogens (tertiary/aromatic N) is 2. The molecule has 2 heterocycles. The highest BCUT2D eigenvalue weighted by Gasteiger charge is 2.21. The fourth-order valence-corrected chi connectivity index (χ4v) is 4.62. The summed E-state index contributed by atoms with van der Waals surface area (Å²) in [5.74, 6) is 1.87. The maximum absolute atomic E-state index is 12.8. The average Bonchev–Trinajstić information content (AvgIpc) is 3.07. The first-order valence-corrected chi connectivity index (χ1v) is 12.1. The van der Waals surface area contributed by atoms with E-state index in [9.17, 15) is 13.2 Å². The van der Waals surface area contributed by atoms with Gasteiger partial charge in [-0.2, -0.15) is 13.5 Å². The number of fused-ring (bicyclic) bond motifs is 1. The molecule has 29 heavy (non-hydrogen) atoms. The van der Waals surface area contributed by atoms with E-state index in [2.05, 4.69) is 24.3 Å². The van der Waals surface area contributed by atoms with Crippen LogP contribution in [0.3, 0.4) is 0 Å². The van der Waals surface area contributed by atoms with Crippen molar-refractivity contribution in [2.75, 3.05) is 12.8 Å². The summed E-state index contributed by atoms with van der Waals surface area (Å²) in [6.45, 7) is 5.01. The second-order valence-electron chi connectivity index (χ2n) is 8.54. The van der Waals surface area contributed by atoms with Crippen LogP contribution in [-0.2, 0) is 20.9 Å². The zero-order chi connectivity index (χ0) is 21.0. The third-order valence-electron chi connectivity index (χ3n) is 5.61. The summed E-state index contributed by atoms with van der Waals surface area (Å²) in [7, 11) is -3.55. The number of amides is 1. The SMILES string of the molecule is CC1CCCC(CC(C)CNC(=O)c2cccn3nc(COS(C)(=O)=O)cc23)C1. The van der Waals surface area contributed by atoms with Gasteiger partial charge in [-0.25, -0.2) is 4.52 Å². The average molecular weight is 422 g/mol. The van der Waals surface area contributed by atoms with E-state index in [0.717, 1.165) is 24.5 Å². The third-order valence-corrected chi connectivity index (χ3v) is 6.16. The molecule has 0 bridgehead atoms. The lowest BCUT2D eigenvalue weighted by molar-refractivity contribution is 0.0946.